The third-order valence-electron chi connectivity index (χ3n) is 5.04. The van der Waals surface area contributed by atoms with Gasteiger partial charge < -0.3 is 4.90 Å². The minimum Gasteiger partial charge on any atom is -0.371 e. The molecule has 1 aromatic carbocycles. The summed E-state index contributed by atoms with van der Waals surface area (Å²) in [5.41, 5.74) is 6.81. The van der Waals surface area contributed by atoms with Crippen LogP contribution in [0.15, 0.2) is 12.1 Å². The second-order valence-corrected chi connectivity index (χ2v) is 7.46. The zero-order chi connectivity index (χ0) is 13.1. The molecule has 0 spiro atoms. The first kappa shape index (κ1) is 12.1. The van der Waals surface area contributed by atoms with Gasteiger partial charge in [-0.05, 0) is 41.7 Å². The van der Waals surface area contributed by atoms with Crippen molar-refractivity contribution in [2.45, 2.75) is 58.3 Å². The maximum absolute atomic E-state index is 2.63. The van der Waals surface area contributed by atoms with E-state index < -0.39 is 0 Å². The van der Waals surface area contributed by atoms with Crippen LogP contribution in [0.25, 0.3) is 0 Å². The van der Waals surface area contributed by atoms with Crippen molar-refractivity contribution in [1.82, 2.24) is 0 Å². The minimum atomic E-state index is 0.333. The van der Waals surface area contributed by atoms with Gasteiger partial charge in [0.05, 0.1) is 0 Å². The summed E-state index contributed by atoms with van der Waals surface area (Å²) in [6.07, 6.45) is 2.56. The fourth-order valence-electron chi connectivity index (χ4n) is 3.58. The number of anilines is 1. The van der Waals surface area contributed by atoms with Gasteiger partial charge in [-0.3, -0.25) is 0 Å². The Hall–Kier alpha value is -0.980. The zero-order valence-corrected chi connectivity index (χ0v) is 12.4. The van der Waals surface area contributed by atoms with Gasteiger partial charge in [0, 0.05) is 18.8 Å². The molecule has 98 valence electrons. The number of hydrogen-bond acceptors (Lipinski definition) is 1. The molecule has 1 nitrogen and oxygen atoms in total. The lowest BCUT2D eigenvalue weighted by Crippen LogP contribution is -2.44. The molecule has 0 amide bonds. The van der Waals surface area contributed by atoms with Gasteiger partial charge in [0.25, 0.3) is 0 Å². The molecule has 0 aliphatic carbocycles. The molecule has 3 rings (SSSR count). The predicted octanol–water partition coefficient (Wildman–Crippen LogP) is 4.16. The van der Waals surface area contributed by atoms with Crippen LogP contribution < -0.4 is 4.90 Å². The molecule has 2 aliphatic rings. The maximum Gasteiger partial charge on any atom is 0.0442 e. The van der Waals surface area contributed by atoms with E-state index in [1.54, 1.807) is 16.8 Å². The van der Waals surface area contributed by atoms with Crippen molar-refractivity contribution in [3.05, 3.63) is 28.8 Å². The van der Waals surface area contributed by atoms with Gasteiger partial charge in [0.1, 0.15) is 0 Å². The largest absolute Gasteiger partial charge is 0.371 e. The van der Waals surface area contributed by atoms with Crippen molar-refractivity contribution in [3.63, 3.8) is 0 Å². The molecule has 0 saturated heterocycles. The Bertz CT molecular complexity index is 455. The fourth-order valence-corrected chi connectivity index (χ4v) is 3.58. The summed E-state index contributed by atoms with van der Waals surface area (Å²) in [5.74, 6) is 0. The summed E-state index contributed by atoms with van der Waals surface area (Å²) >= 11 is 0. The maximum atomic E-state index is 2.63. The third-order valence-corrected chi connectivity index (χ3v) is 5.04. The fraction of sp³-hybridized carbons (Fsp3) is 0.647. The zero-order valence-electron chi connectivity index (χ0n) is 12.4. The molecule has 2 aliphatic heterocycles. The Kier molecular flexibility index (Phi) is 2.36. The molecule has 1 aromatic rings. The van der Waals surface area contributed by atoms with E-state index >= 15 is 0 Å². The summed E-state index contributed by atoms with van der Waals surface area (Å²) in [6.45, 7) is 14.3. The molecule has 0 saturated carbocycles. The van der Waals surface area contributed by atoms with Crippen LogP contribution in [0.4, 0.5) is 5.69 Å². The number of aryl methyl sites for hydroxylation is 1. The van der Waals surface area contributed by atoms with Crippen molar-refractivity contribution in [2.75, 3.05) is 18.0 Å². The van der Waals surface area contributed by atoms with Crippen molar-refractivity contribution >= 4 is 5.69 Å². The monoisotopic (exact) mass is 243 g/mol. The Labute approximate surface area is 111 Å². The van der Waals surface area contributed by atoms with E-state index in [1.165, 1.54) is 31.5 Å². The Morgan fingerprint density at radius 3 is 1.78 bits per heavy atom. The SMILES string of the molecule is Cc1cc2c3c(c1)C(C)(C)CCN3CCC2(C)C. The van der Waals surface area contributed by atoms with Crippen LogP contribution >= 0.6 is 0 Å². The highest BCUT2D eigenvalue weighted by atomic mass is 15.2. The van der Waals surface area contributed by atoms with Gasteiger partial charge in [-0.2, -0.15) is 0 Å². The summed E-state index contributed by atoms with van der Waals surface area (Å²) in [5, 5.41) is 0. The van der Waals surface area contributed by atoms with Crippen LogP contribution in [0.1, 0.15) is 57.2 Å². The highest BCUT2D eigenvalue weighted by Gasteiger charge is 2.39. The molecule has 0 unspecified atom stereocenters. The third kappa shape index (κ3) is 1.60. The molecule has 0 atom stereocenters. The second-order valence-electron chi connectivity index (χ2n) is 7.46. The topological polar surface area (TPSA) is 3.24 Å². The number of hydrogen-bond donors (Lipinski definition) is 0. The van der Waals surface area contributed by atoms with Crippen LogP contribution in [0.5, 0.6) is 0 Å². The number of benzene rings is 1. The van der Waals surface area contributed by atoms with E-state index in [1.807, 2.05) is 0 Å². The molecular weight excluding hydrogens is 218 g/mol. The van der Waals surface area contributed by atoms with Crippen molar-refractivity contribution < 1.29 is 0 Å². The van der Waals surface area contributed by atoms with Gasteiger partial charge in [0.2, 0.25) is 0 Å². The lowest BCUT2D eigenvalue weighted by molar-refractivity contribution is 0.401. The molecule has 0 aromatic heterocycles. The van der Waals surface area contributed by atoms with Gasteiger partial charge in [0.15, 0.2) is 0 Å². The standard InChI is InChI=1S/C17H25N/c1-12-10-13-15-14(11-12)17(4,5)7-9-18(15)8-6-16(13,2)3/h10-11H,6-9H2,1-5H3. The lowest BCUT2D eigenvalue weighted by atomic mass is 9.69. The quantitative estimate of drug-likeness (QED) is 0.661. The van der Waals surface area contributed by atoms with E-state index in [4.69, 9.17) is 0 Å². The molecule has 18 heavy (non-hydrogen) atoms. The first-order chi connectivity index (χ1) is 8.31. The van der Waals surface area contributed by atoms with Crippen molar-refractivity contribution in [1.29, 1.82) is 0 Å². The summed E-state index contributed by atoms with van der Waals surface area (Å²) in [7, 11) is 0. The predicted molar refractivity (Wildman–Crippen MR) is 78.7 cm³/mol. The van der Waals surface area contributed by atoms with Crippen LogP contribution in [0, 0.1) is 6.92 Å². The van der Waals surface area contributed by atoms with Crippen molar-refractivity contribution in [2.24, 2.45) is 0 Å². The summed E-state index contributed by atoms with van der Waals surface area (Å²) in [6, 6.07) is 4.85. The van der Waals surface area contributed by atoms with Gasteiger partial charge >= 0.3 is 0 Å². The minimum absolute atomic E-state index is 0.333. The van der Waals surface area contributed by atoms with E-state index in [0.717, 1.165) is 0 Å². The van der Waals surface area contributed by atoms with E-state index in [0.29, 0.717) is 10.8 Å². The lowest BCUT2D eigenvalue weighted by Gasteiger charge is -2.48. The van der Waals surface area contributed by atoms with Crippen LogP contribution in [0.2, 0.25) is 0 Å². The Balaban J connectivity index is 2.31. The average molecular weight is 243 g/mol. The van der Waals surface area contributed by atoms with Crippen molar-refractivity contribution in [3.8, 4) is 0 Å². The molecule has 0 fully saturated rings. The molecular formula is C17H25N. The Morgan fingerprint density at radius 1 is 0.889 bits per heavy atom. The van der Waals surface area contributed by atoms with E-state index in [2.05, 4.69) is 51.7 Å². The smallest absolute Gasteiger partial charge is 0.0442 e. The van der Waals surface area contributed by atoms with E-state index in [9.17, 15) is 0 Å². The van der Waals surface area contributed by atoms with Crippen LogP contribution in [0.3, 0.4) is 0 Å². The average Bonchev–Trinajstić information content (AvgIpc) is 2.27. The van der Waals surface area contributed by atoms with Gasteiger partial charge in [-0.25, -0.2) is 0 Å². The molecule has 0 radical (unpaired) electrons. The molecule has 1 heteroatoms. The first-order valence-corrected chi connectivity index (χ1v) is 7.22. The second kappa shape index (κ2) is 3.53. The number of nitrogens with zero attached hydrogens (tertiary/aromatic N) is 1. The summed E-state index contributed by atoms with van der Waals surface area (Å²) in [4.78, 5) is 2.63. The van der Waals surface area contributed by atoms with Gasteiger partial charge in [-0.15, -0.1) is 0 Å². The normalized spacial score (nSPS) is 23.7. The summed E-state index contributed by atoms with van der Waals surface area (Å²) < 4.78 is 0. The molecule has 0 bridgehead atoms. The van der Waals surface area contributed by atoms with Gasteiger partial charge in [-0.1, -0.05) is 45.4 Å². The van der Waals surface area contributed by atoms with Crippen LogP contribution in [-0.4, -0.2) is 13.1 Å². The van der Waals surface area contributed by atoms with E-state index in [-0.39, 0.29) is 0 Å². The first-order valence-electron chi connectivity index (χ1n) is 7.22. The molecule has 2 heterocycles. The van der Waals surface area contributed by atoms with Crippen LogP contribution in [-0.2, 0) is 10.8 Å². The Morgan fingerprint density at radius 2 is 1.33 bits per heavy atom. The highest BCUT2D eigenvalue weighted by Crippen LogP contribution is 2.49. The highest BCUT2D eigenvalue weighted by molar-refractivity contribution is 5.68. The number of rotatable bonds is 0. The molecule has 0 N–H and O–H groups in total.